The van der Waals surface area contributed by atoms with Gasteiger partial charge in [-0.25, -0.2) is 4.79 Å². The van der Waals surface area contributed by atoms with Gasteiger partial charge in [0.25, 0.3) is 0 Å². The van der Waals surface area contributed by atoms with E-state index in [1.54, 1.807) is 0 Å². The van der Waals surface area contributed by atoms with Gasteiger partial charge in [0.1, 0.15) is 5.54 Å². The minimum atomic E-state index is -1.84. The first-order chi connectivity index (χ1) is 13.6. The van der Waals surface area contributed by atoms with Crippen molar-refractivity contribution in [3.05, 3.63) is 82.9 Å². The molecule has 0 heterocycles. The van der Waals surface area contributed by atoms with Crippen molar-refractivity contribution >= 4 is 17.7 Å². The lowest BCUT2D eigenvalue weighted by Crippen LogP contribution is -2.59. The van der Waals surface area contributed by atoms with Crippen LogP contribution >= 0.6 is 0 Å². The predicted molar refractivity (Wildman–Crippen MR) is 110 cm³/mol. The molecule has 0 saturated carbocycles. The monoisotopic (exact) mass is 392 g/mol. The molecule has 150 valence electrons. The zero-order valence-electron chi connectivity index (χ0n) is 16.3. The van der Waals surface area contributed by atoms with Gasteiger partial charge in [-0.2, -0.15) is 0 Å². The summed E-state index contributed by atoms with van der Waals surface area (Å²) in [6.07, 6.45) is -0.245. The lowest BCUT2D eigenvalue weighted by atomic mass is 9.60. The molecule has 29 heavy (non-hydrogen) atoms. The van der Waals surface area contributed by atoms with Gasteiger partial charge in [0.15, 0.2) is 0 Å². The predicted octanol–water partition coefficient (Wildman–Crippen LogP) is 3.22. The lowest BCUT2D eigenvalue weighted by molar-refractivity contribution is -0.145. The van der Waals surface area contributed by atoms with E-state index in [9.17, 15) is 19.8 Å². The Hall–Kier alpha value is -3.25. The molecule has 2 aromatic carbocycles. The Balaban J connectivity index is 2.40. The molecule has 5 N–H and O–H groups in total. The van der Waals surface area contributed by atoms with E-state index in [-0.39, 0.29) is 17.7 Å². The molecular weight excluding hydrogens is 368 g/mol. The van der Waals surface area contributed by atoms with Crippen LogP contribution in [0.2, 0.25) is 0 Å². The van der Waals surface area contributed by atoms with Crippen molar-refractivity contribution in [3.8, 4) is 0 Å². The molecule has 2 atom stereocenters. The van der Waals surface area contributed by atoms with Crippen molar-refractivity contribution in [1.82, 2.24) is 0 Å². The third kappa shape index (κ3) is 3.15. The molecular formula is C23H24N2O4. The average Bonchev–Trinajstić information content (AvgIpc) is 2.70. The SMILES string of the molecule is CC1C(C(=O)O)=C(C(C)(c2ccccc2)c2ccccc2)C(=N)CC1(N)C(=O)O. The highest BCUT2D eigenvalue weighted by Gasteiger charge is 2.52. The zero-order chi connectivity index (χ0) is 21.4. The minimum absolute atomic E-state index is 0.0689. The van der Waals surface area contributed by atoms with Gasteiger partial charge < -0.3 is 21.4 Å². The average molecular weight is 392 g/mol. The van der Waals surface area contributed by atoms with Crippen LogP contribution in [0.4, 0.5) is 0 Å². The molecule has 6 heteroatoms. The van der Waals surface area contributed by atoms with Crippen molar-refractivity contribution in [2.45, 2.75) is 31.2 Å². The Morgan fingerprint density at radius 1 is 1.03 bits per heavy atom. The number of rotatable bonds is 5. The molecule has 0 radical (unpaired) electrons. The van der Waals surface area contributed by atoms with Gasteiger partial charge in [-0.1, -0.05) is 67.6 Å². The van der Waals surface area contributed by atoms with Gasteiger partial charge in [-0.3, -0.25) is 4.79 Å². The second-order valence-electron chi connectivity index (χ2n) is 7.67. The molecule has 1 aliphatic rings. The Bertz CT molecular complexity index is 959. The van der Waals surface area contributed by atoms with Gasteiger partial charge in [0.05, 0.1) is 0 Å². The van der Waals surface area contributed by atoms with Crippen molar-refractivity contribution < 1.29 is 19.8 Å². The Labute approximate surface area is 169 Å². The molecule has 6 nitrogen and oxygen atoms in total. The van der Waals surface area contributed by atoms with Crippen LogP contribution in [-0.4, -0.2) is 33.4 Å². The Morgan fingerprint density at radius 3 is 1.86 bits per heavy atom. The summed E-state index contributed by atoms with van der Waals surface area (Å²) >= 11 is 0. The van der Waals surface area contributed by atoms with Crippen LogP contribution in [0, 0.1) is 11.3 Å². The fourth-order valence-corrected chi connectivity index (χ4v) is 4.29. The van der Waals surface area contributed by atoms with E-state index in [1.807, 2.05) is 67.6 Å². The Morgan fingerprint density at radius 2 is 1.48 bits per heavy atom. The smallest absolute Gasteiger partial charge is 0.332 e. The molecule has 0 saturated heterocycles. The highest BCUT2D eigenvalue weighted by molar-refractivity contribution is 6.12. The summed E-state index contributed by atoms with van der Waals surface area (Å²) in [5.41, 5.74) is 5.05. The van der Waals surface area contributed by atoms with Gasteiger partial charge in [-0.15, -0.1) is 0 Å². The summed E-state index contributed by atoms with van der Waals surface area (Å²) in [5, 5.41) is 28.4. The standard InChI is InChI=1S/C23H24N2O4/c1-14-18(20(26)27)19(17(24)13-23(14,25)21(28)29)22(2,15-9-5-3-6-10-15)16-11-7-4-8-12-16/h3-12,14,24H,13,25H2,1-2H3,(H,26,27)(H,28,29). The molecule has 0 aliphatic heterocycles. The number of allylic oxidation sites excluding steroid dienone is 1. The van der Waals surface area contributed by atoms with E-state index >= 15 is 0 Å². The number of carboxylic acids is 2. The quantitative estimate of drug-likeness (QED) is 0.622. The van der Waals surface area contributed by atoms with E-state index in [4.69, 9.17) is 11.1 Å². The Kier molecular flexibility index (Phi) is 5.15. The van der Waals surface area contributed by atoms with Crippen LogP contribution in [0.15, 0.2) is 71.8 Å². The maximum absolute atomic E-state index is 12.3. The summed E-state index contributed by atoms with van der Waals surface area (Å²) in [6, 6.07) is 18.7. The first-order valence-corrected chi connectivity index (χ1v) is 9.33. The van der Waals surface area contributed by atoms with Crippen LogP contribution in [0.25, 0.3) is 0 Å². The highest BCUT2D eigenvalue weighted by atomic mass is 16.4. The van der Waals surface area contributed by atoms with Gasteiger partial charge >= 0.3 is 11.9 Å². The number of carboxylic acid groups (broad SMARTS) is 2. The van der Waals surface area contributed by atoms with Gasteiger partial charge in [0, 0.05) is 29.0 Å². The van der Waals surface area contributed by atoms with E-state index in [1.165, 1.54) is 6.92 Å². The number of nitrogens with two attached hydrogens (primary N) is 1. The van der Waals surface area contributed by atoms with Gasteiger partial charge in [0.2, 0.25) is 0 Å². The molecule has 2 unspecified atom stereocenters. The van der Waals surface area contributed by atoms with E-state index < -0.39 is 28.8 Å². The number of hydrogen-bond donors (Lipinski definition) is 4. The fraction of sp³-hybridized carbons (Fsp3) is 0.261. The van der Waals surface area contributed by atoms with Crippen molar-refractivity contribution in [2.75, 3.05) is 0 Å². The number of hydrogen-bond acceptors (Lipinski definition) is 4. The van der Waals surface area contributed by atoms with Crippen molar-refractivity contribution in [2.24, 2.45) is 11.7 Å². The first-order valence-electron chi connectivity index (χ1n) is 9.33. The second-order valence-corrected chi connectivity index (χ2v) is 7.67. The number of nitrogens with one attached hydrogen (secondary N) is 1. The first kappa shape index (κ1) is 20.5. The molecule has 0 fully saturated rings. The summed E-state index contributed by atoms with van der Waals surface area (Å²) in [5.74, 6) is -3.55. The normalized spacial score (nSPS) is 22.4. The molecule has 0 aromatic heterocycles. The third-order valence-electron chi connectivity index (χ3n) is 6.08. The van der Waals surface area contributed by atoms with Crippen LogP contribution < -0.4 is 5.73 Å². The van der Waals surface area contributed by atoms with E-state index in [0.717, 1.165) is 11.1 Å². The van der Waals surface area contributed by atoms with Crippen LogP contribution in [0.1, 0.15) is 31.4 Å². The molecule has 0 amide bonds. The van der Waals surface area contributed by atoms with E-state index in [0.29, 0.717) is 5.57 Å². The number of aliphatic carboxylic acids is 2. The summed E-state index contributed by atoms with van der Waals surface area (Å²) in [4.78, 5) is 24.2. The molecule has 0 bridgehead atoms. The zero-order valence-corrected chi connectivity index (χ0v) is 16.3. The number of carbonyl (C=O) groups is 2. The lowest BCUT2D eigenvalue weighted by Gasteiger charge is -2.43. The van der Waals surface area contributed by atoms with Crippen molar-refractivity contribution in [3.63, 3.8) is 0 Å². The molecule has 2 aromatic rings. The topological polar surface area (TPSA) is 124 Å². The summed E-state index contributed by atoms with van der Waals surface area (Å²) in [7, 11) is 0. The van der Waals surface area contributed by atoms with Crippen molar-refractivity contribution in [1.29, 1.82) is 5.41 Å². The summed E-state index contributed by atoms with van der Waals surface area (Å²) < 4.78 is 0. The van der Waals surface area contributed by atoms with Crippen LogP contribution in [0.3, 0.4) is 0 Å². The van der Waals surface area contributed by atoms with Gasteiger partial charge in [-0.05, 0) is 23.6 Å². The molecule has 3 rings (SSSR count). The number of benzene rings is 2. The fourth-order valence-electron chi connectivity index (χ4n) is 4.29. The largest absolute Gasteiger partial charge is 0.480 e. The molecule has 0 spiro atoms. The highest BCUT2D eigenvalue weighted by Crippen LogP contribution is 2.47. The minimum Gasteiger partial charge on any atom is -0.480 e. The third-order valence-corrected chi connectivity index (χ3v) is 6.08. The van der Waals surface area contributed by atoms with Crippen LogP contribution in [0.5, 0.6) is 0 Å². The summed E-state index contributed by atoms with van der Waals surface area (Å²) in [6.45, 7) is 3.39. The molecule has 1 aliphatic carbocycles. The van der Waals surface area contributed by atoms with Crippen LogP contribution in [-0.2, 0) is 15.0 Å². The maximum Gasteiger partial charge on any atom is 0.332 e. The van der Waals surface area contributed by atoms with E-state index in [2.05, 4.69) is 0 Å². The second kappa shape index (κ2) is 7.29. The maximum atomic E-state index is 12.3.